The Kier molecular flexibility index (Phi) is 5.50. The minimum Gasteiger partial charge on any atom is -0.351 e. The Morgan fingerprint density at radius 2 is 1.62 bits per heavy atom. The van der Waals surface area contributed by atoms with Gasteiger partial charge in [-0.1, -0.05) is 43.3 Å². The molecule has 2 aromatic carbocycles. The minimum absolute atomic E-state index is 0.0428. The Morgan fingerprint density at radius 3 is 2.31 bits per heavy atom. The molecule has 0 bridgehead atoms. The highest BCUT2D eigenvalue weighted by Gasteiger charge is 2.42. The van der Waals surface area contributed by atoms with E-state index >= 15 is 0 Å². The van der Waals surface area contributed by atoms with Crippen LogP contribution < -0.4 is 10.2 Å². The summed E-state index contributed by atoms with van der Waals surface area (Å²) in [6.45, 7) is 4.32. The first-order valence-electron chi connectivity index (χ1n) is 11.0. The molecule has 2 aromatic heterocycles. The van der Waals surface area contributed by atoms with Gasteiger partial charge in [0.05, 0.1) is 11.7 Å². The van der Waals surface area contributed by atoms with Crippen LogP contribution in [0.2, 0.25) is 0 Å². The van der Waals surface area contributed by atoms with Gasteiger partial charge in [-0.25, -0.2) is 0 Å². The molecule has 0 aliphatic carbocycles. The summed E-state index contributed by atoms with van der Waals surface area (Å²) in [6.07, 6.45) is 2.86. The predicted octanol–water partition coefficient (Wildman–Crippen LogP) is 5.92. The number of hydrogen-bond donors (Lipinski definition) is 1. The molecule has 0 amide bonds. The maximum atomic E-state index is 5.88. The molecule has 32 heavy (non-hydrogen) atoms. The summed E-state index contributed by atoms with van der Waals surface area (Å²) in [4.78, 5) is 6.92. The number of nitrogens with zero attached hydrogens (tertiary/aromatic N) is 3. The van der Waals surface area contributed by atoms with Crippen LogP contribution in [0.3, 0.4) is 0 Å². The van der Waals surface area contributed by atoms with Crippen LogP contribution in [-0.2, 0) is 6.42 Å². The Hall–Kier alpha value is -3.44. The number of rotatable bonds is 5. The number of aryl methyl sites for hydroxylation is 2. The Morgan fingerprint density at radius 1 is 0.875 bits per heavy atom. The normalized spacial score (nSPS) is 18.1. The maximum absolute atomic E-state index is 5.88. The van der Waals surface area contributed by atoms with Gasteiger partial charge in [-0.3, -0.25) is 4.98 Å². The number of benzene rings is 2. The van der Waals surface area contributed by atoms with Crippen molar-refractivity contribution in [1.82, 2.24) is 14.9 Å². The Bertz CT molecular complexity index is 1220. The number of nitrogens with one attached hydrogen (secondary N) is 1. The smallest absolute Gasteiger partial charge is 0.174 e. The van der Waals surface area contributed by atoms with E-state index in [2.05, 4.69) is 100 Å². The Balaban J connectivity index is 1.68. The molecule has 5 heteroatoms. The van der Waals surface area contributed by atoms with Crippen LogP contribution in [0.25, 0.3) is 5.69 Å². The quantitative estimate of drug-likeness (QED) is 0.392. The highest BCUT2D eigenvalue weighted by molar-refractivity contribution is 7.80. The molecule has 160 valence electrons. The van der Waals surface area contributed by atoms with Crippen molar-refractivity contribution in [2.75, 3.05) is 4.90 Å². The minimum atomic E-state index is -0.0636. The molecule has 2 atom stereocenters. The lowest BCUT2D eigenvalue weighted by molar-refractivity contribution is 0.548. The maximum Gasteiger partial charge on any atom is 0.174 e. The molecule has 4 aromatic rings. The van der Waals surface area contributed by atoms with Gasteiger partial charge >= 0.3 is 0 Å². The lowest BCUT2D eigenvalue weighted by atomic mass is 10.0. The van der Waals surface area contributed by atoms with Crippen molar-refractivity contribution in [2.45, 2.75) is 32.4 Å². The van der Waals surface area contributed by atoms with Crippen LogP contribution in [0.1, 0.15) is 41.7 Å². The zero-order valence-electron chi connectivity index (χ0n) is 18.3. The van der Waals surface area contributed by atoms with Crippen molar-refractivity contribution in [3.8, 4) is 5.69 Å². The number of pyridine rings is 1. The van der Waals surface area contributed by atoms with Gasteiger partial charge in [-0.15, -0.1) is 0 Å². The molecule has 0 saturated carbocycles. The third-order valence-corrected chi connectivity index (χ3v) is 6.46. The zero-order valence-corrected chi connectivity index (χ0v) is 19.1. The predicted molar refractivity (Wildman–Crippen MR) is 134 cm³/mol. The van der Waals surface area contributed by atoms with Crippen LogP contribution in [0, 0.1) is 6.92 Å². The lowest BCUT2D eigenvalue weighted by Crippen LogP contribution is -2.30. The molecule has 3 heterocycles. The first kappa shape index (κ1) is 20.5. The summed E-state index contributed by atoms with van der Waals surface area (Å²) < 4.78 is 2.32. The van der Waals surface area contributed by atoms with Gasteiger partial charge in [-0.2, -0.15) is 0 Å². The van der Waals surface area contributed by atoms with E-state index < -0.39 is 0 Å². The van der Waals surface area contributed by atoms with Gasteiger partial charge < -0.3 is 14.8 Å². The standard InChI is InChI=1S/C27H26N4S/c1-3-20-13-15-22(16-14-20)31-26(25(29-27(31)32)23-11-7-8-18-28-23)24-17-12-19(2)30(24)21-9-5-4-6-10-21/h4-18,25-26H,3H2,1-2H3,(H,29,32)/t25-,26-/m0/s1. The monoisotopic (exact) mass is 438 g/mol. The second kappa shape index (κ2) is 8.60. The van der Waals surface area contributed by atoms with Crippen LogP contribution >= 0.6 is 12.2 Å². The summed E-state index contributed by atoms with van der Waals surface area (Å²) in [6, 6.07) is 29.5. The molecule has 0 spiro atoms. The van der Waals surface area contributed by atoms with Gasteiger partial charge in [0.2, 0.25) is 0 Å². The molecule has 1 aliphatic heterocycles. The highest BCUT2D eigenvalue weighted by atomic mass is 32.1. The van der Waals surface area contributed by atoms with Crippen molar-refractivity contribution in [3.05, 3.63) is 114 Å². The highest BCUT2D eigenvalue weighted by Crippen LogP contribution is 2.42. The fourth-order valence-electron chi connectivity index (χ4n) is 4.54. The van der Waals surface area contributed by atoms with Crippen LogP contribution in [0.5, 0.6) is 0 Å². The van der Waals surface area contributed by atoms with Crippen molar-refractivity contribution < 1.29 is 0 Å². The van der Waals surface area contributed by atoms with Crippen LogP contribution in [0.4, 0.5) is 5.69 Å². The van der Waals surface area contributed by atoms with Gasteiger partial charge in [0.1, 0.15) is 6.04 Å². The van der Waals surface area contributed by atoms with Crippen LogP contribution in [-0.4, -0.2) is 14.7 Å². The fraction of sp³-hybridized carbons (Fsp3) is 0.185. The number of thiocarbonyl (C=S) groups is 1. The van der Waals surface area contributed by atoms with Gasteiger partial charge in [0.25, 0.3) is 0 Å². The number of para-hydroxylation sites is 1. The summed E-state index contributed by atoms with van der Waals surface area (Å²) >= 11 is 5.88. The summed E-state index contributed by atoms with van der Waals surface area (Å²) in [5.74, 6) is 0. The fourth-order valence-corrected chi connectivity index (χ4v) is 4.89. The third-order valence-electron chi connectivity index (χ3n) is 6.14. The summed E-state index contributed by atoms with van der Waals surface area (Å²) in [7, 11) is 0. The second-order valence-electron chi connectivity index (χ2n) is 8.09. The SMILES string of the molecule is CCc1ccc(N2C(=S)N[C@@H](c3ccccn3)[C@@H]2c2ccc(C)n2-c2ccccc2)cc1. The Labute approximate surface area is 194 Å². The van der Waals surface area contributed by atoms with E-state index in [-0.39, 0.29) is 12.1 Å². The van der Waals surface area contributed by atoms with Crippen molar-refractivity contribution >= 4 is 23.0 Å². The molecule has 0 radical (unpaired) electrons. The van der Waals surface area contributed by atoms with E-state index in [9.17, 15) is 0 Å². The van der Waals surface area contributed by atoms with E-state index in [1.54, 1.807) is 0 Å². The first-order valence-corrected chi connectivity index (χ1v) is 11.4. The molecule has 1 N–H and O–H groups in total. The average molecular weight is 439 g/mol. The molecule has 1 saturated heterocycles. The summed E-state index contributed by atoms with van der Waals surface area (Å²) in [5.41, 5.74) is 6.88. The number of anilines is 1. The van der Waals surface area contributed by atoms with E-state index in [0.717, 1.165) is 23.5 Å². The molecule has 4 nitrogen and oxygen atoms in total. The van der Waals surface area contributed by atoms with Gasteiger partial charge in [-0.05, 0) is 79.7 Å². The summed E-state index contributed by atoms with van der Waals surface area (Å²) in [5, 5.41) is 4.28. The molecule has 1 fully saturated rings. The first-order chi connectivity index (χ1) is 15.7. The number of hydrogen-bond acceptors (Lipinski definition) is 2. The van der Waals surface area contributed by atoms with E-state index in [1.807, 2.05) is 24.4 Å². The van der Waals surface area contributed by atoms with Gasteiger partial charge in [0.15, 0.2) is 5.11 Å². The van der Waals surface area contributed by atoms with Crippen molar-refractivity contribution in [3.63, 3.8) is 0 Å². The third kappa shape index (κ3) is 3.59. The van der Waals surface area contributed by atoms with Crippen LogP contribution in [0.15, 0.2) is 91.1 Å². The van der Waals surface area contributed by atoms with E-state index in [1.165, 1.54) is 17.0 Å². The van der Waals surface area contributed by atoms with Crippen molar-refractivity contribution in [2.24, 2.45) is 0 Å². The van der Waals surface area contributed by atoms with E-state index in [0.29, 0.717) is 5.11 Å². The topological polar surface area (TPSA) is 33.1 Å². The molecule has 5 rings (SSSR count). The molecular formula is C27H26N4S. The number of aromatic nitrogens is 2. The van der Waals surface area contributed by atoms with Crippen molar-refractivity contribution in [1.29, 1.82) is 0 Å². The lowest BCUT2D eigenvalue weighted by Gasteiger charge is -2.29. The van der Waals surface area contributed by atoms with E-state index in [4.69, 9.17) is 12.2 Å². The molecule has 1 aliphatic rings. The van der Waals surface area contributed by atoms with Gasteiger partial charge in [0, 0.05) is 29.0 Å². The molecule has 0 unspecified atom stereocenters. The average Bonchev–Trinajstić information content (AvgIpc) is 3.39. The second-order valence-corrected chi connectivity index (χ2v) is 8.47. The zero-order chi connectivity index (χ0) is 22.1. The largest absolute Gasteiger partial charge is 0.351 e. The molecular weight excluding hydrogens is 412 g/mol.